The summed E-state index contributed by atoms with van der Waals surface area (Å²) in [6.07, 6.45) is -0.102. The van der Waals surface area contributed by atoms with Gasteiger partial charge in [-0.05, 0) is 48.4 Å². The van der Waals surface area contributed by atoms with Crippen LogP contribution < -0.4 is 4.74 Å². The zero-order valence-electron chi connectivity index (χ0n) is 19.2. The van der Waals surface area contributed by atoms with Crippen molar-refractivity contribution in [2.45, 2.75) is 38.5 Å². The normalized spacial score (nSPS) is 14.6. The minimum Gasteiger partial charge on any atom is -0.490 e. The van der Waals surface area contributed by atoms with Crippen LogP contribution in [-0.2, 0) is 12.6 Å². The molecule has 0 atom stereocenters. The first kappa shape index (κ1) is 24.4. The maximum absolute atomic E-state index is 13.0. The van der Waals surface area contributed by atoms with Gasteiger partial charge in [0.15, 0.2) is 5.78 Å². The Balaban J connectivity index is 1.38. The van der Waals surface area contributed by atoms with Crippen LogP contribution in [0.4, 0.5) is 13.2 Å². The number of hydrogen-bond acceptors (Lipinski definition) is 4. The standard InChI is InChI=1S/C27H25F3N2O3/c1-18-7-8-19(14-24(33)20-4-2-6-22(16-20)27(28,29)30)15-25(18)35-23-9-12-32(13-10-23)26(34)21-5-3-11-31-17-21/h2-8,11,15-17,23H,9-10,12-14H2,1H3. The quantitative estimate of drug-likeness (QED) is 0.434. The maximum Gasteiger partial charge on any atom is 0.416 e. The lowest BCUT2D eigenvalue weighted by atomic mass is 10.00. The van der Waals surface area contributed by atoms with E-state index >= 15 is 0 Å². The van der Waals surface area contributed by atoms with Crippen LogP contribution in [0.1, 0.15) is 50.2 Å². The van der Waals surface area contributed by atoms with E-state index in [0.29, 0.717) is 42.8 Å². The van der Waals surface area contributed by atoms with Crippen LogP contribution in [0.5, 0.6) is 5.75 Å². The van der Waals surface area contributed by atoms with Gasteiger partial charge in [-0.25, -0.2) is 0 Å². The number of rotatable bonds is 6. The third-order valence-electron chi connectivity index (χ3n) is 6.06. The number of nitrogens with zero attached hydrogens (tertiary/aromatic N) is 2. The number of pyridine rings is 1. The molecule has 0 spiro atoms. The average molecular weight is 483 g/mol. The number of alkyl halides is 3. The van der Waals surface area contributed by atoms with Gasteiger partial charge in [0, 0.05) is 50.3 Å². The molecule has 4 rings (SSSR count). The van der Waals surface area contributed by atoms with Crippen LogP contribution in [0.15, 0.2) is 67.0 Å². The van der Waals surface area contributed by atoms with E-state index in [2.05, 4.69) is 4.98 Å². The average Bonchev–Trinajstić information content (AvgIpc) is 2.86. The molecule has 2 aromatic carbocycles. The molecular weight excluding hydrogens is 457 g/mol. The van der Waals surface area contributed by atoms with E-state index in [0.717, 1.165) is 17.7 Å². The summed E-state index contributed by atoms with van der Waals surface area (Å²) < 4.78 is 45.1. The highest BCUT2D eigenvalue weighted by atomic mass is 19.4. The van der Waals surface area contributed by atoms with Gasteiger partial charge in [0.05, 0.1) is 11.1 Å². The van der Waals surface area contributed by atoms with Crippen LogP contribution >= 0.6 is 0 Å². The predicted octanol–water partition coefficient (Wildman–Crippen LogP) is 5.52. The number of likely N-dealkylation sites (tertiary alicyclic amines) is 1. The third kappa shape index (κ3) is 6.07. The van der Waals surface area contributed by atoms with Crippen molar-refractivity contribution < 1.29 is 27.5 Å². The molecule has 35 heavy (non-hydrogen) atoms. The summed E-state index contributed by atoms with van der Waals surface area (Å²) in [5.74, 6) is 0.187. The van der Waals surface area contributed by atoms with Gasteiger partial charge in [0.25, 0.3) is 5.91 Å². The molecule has 0 radical (unpaired) electrons. The van der Waals surface area contributed by atoms with Crippen molar-refractivity contribution in [2.75, 3.05) is 13.1 Å². The van der Waals surface area contributed by atoms with E-state index in [1.54, 1.807) is 41.6 Å². The van der Waals surface area contributed by atoms with Crippen LogP contribution in [0.25, 0.3) is 0 Å². The first-order chi connectivity index (χ1) is 16.7. The minimum absolute atomic E-state index is 0.0218. The topological polar surface area (TPSA) is 59.5 Å². The van der Waals surface area contributed by atoms with Crippen molar-refractivity contribution >= 4 is 11.7 Å². The number of Topliss-reactive ketones (excluding diaryl/α,β-unsaturated/α-hetero) is 1. The first-order valence-corrected chi connectivity index (χ1v) is 11.4. The van der Waals surface area contributed by atoms with Crippen molar-refractivity contribution in [3.05, 3.63) is 94.8 Å². The summed E-state index contributed by atoms with van der Waals surface area (Å²) in [6, 6.07) is 13.3. The Morgan fingerprint density at radius 1 is 1.03 bits per heavy atom. The van der Waals surface area contributed by atoms with Gasteiger partial charge >= 0.3 is 6.18 Å². The molecule has 0 N–H and O–H groups in total. The zero-order valence-corrected chi connectivity index (χ0v) is 19.2. The Labute approximate surface area is 201 Å². The van der Waals surface area contributed by atoms with Crippen LogP contribution in [0, 0.1) is 6.92 Å². The predicted molar refractivity (Wildman–Crippen MR) is 124 cm³/mol. The van der Waals surface area contributed by atoms with Gasteiger partial charge in [-0.15, -0.1) is 0 Å². The molecule has 8 heteroatoms. The number of ketones is 1. The highest BCUT2D eigenvalue weighted by Crippen LogP contribution is 2.30. The second-order valence-electron chi connectivity index (χ2n) is 8.63. The van der Waals surface area contributed by atoms with Gasteiger partial charge < -0.3 is 9.64 Å². The highest BCUT2D eigenvalue weighted by molar-refractivity contribution is 5.97. The molecule has 3 aromatic rings. The molecule has 1 saturated heterocycles. The van der Waals surface area contributed by atoms with Crippen LogP contribution in [0.2, 0.25) is 0 Å². The third-order valence-corrected chi connectivity index (χ3v) is 6.06. The number of aromatic nitrogens is 1. The number of hydrogen-bond donors (Lipinski definition) is 0. The number of amides is 1. The fourth-order valence-electron chi connectivity index (χ4n) is 4.07. The number of carbonyl (C=O) groups is 2. The summed E-state index contributed by atoms with van der Waals surface area (Å²) >= 11 is 0. The molecule has 1 amide bonds. The molecule has 5 nitrogen and oxygen atoms in total. The molecule has 1 aliphatic rings. The van der Waals surface area contributed by atoms with Gasteiger partial charge in [-0.3, -0.25) is 14.6 Å². The summed E-state index contributed by atoms with van der Waals surface area (Å²) in [7, 11) is 0. The smallest absolute Gasteiger partial charge is 0.416 e. The monoisotopic (exact) mass is 482 g/mol. The second kappa shape index (κ2) is 10.3. The summed E-state index contributed by atoms with van der Waals surface area (Å²) in [5, 5.41) is 0. The molecule has 0 bridgehead atoms. The lowest BCUT2D eigenvalue weighted by Gasteiger charge is -2.32. The van der Waals surface area contributed by atoms with Crippen molar-refractivity contribution in [2.24, 2.45) is 0 Å². The van der Waals surface area contributed by atoms with E-state index in [4.69, 9.17) is 4.74 Å². The van der Waals surface area contributed by atoms with Crippen molar-refractivity contribution in [1.82, 2.24) is 9.88 Å². The lowest BCUT2D eigenvalue weighted by Crippen LogP contribution is -2.41. The minimum atomic E-state index is -4.50. The van der Waals surface area contributed by atoms with Crippen molar-refractivity contribution in [3.8, 4) is 5.75 Å². The fourth-order valence-corrected chi connectivity index (χ4v) is 4.07. The van der Waals surface area contributed by atoms with Gasteiger partial charge in [-0.1, -0.05) is 24.3 Å². The molecule has 182 valence electrons. The number of ether oxygens (including phenoxy) is 1. The van der Waals surface area contributed by atoms with Crippen molar-refractivity contribution in [1.29, 1.82) is 0 Å². The van der Waals surface area contributed by atoms with E-state index in [1.807, 2.05) is 13.0 Å². The molecule has 0 saturated carbocycles. The van der Waals surface area contributed by atoms with Gasteiger partial charge in [0.1, 0.15) is 11.9 Å². The molecule has 0 aliphatic carbocycles. The van der Waals surface area contributed by atoms with Crippen molar-refractivity contribution in [3.63, 3.8) is 0 Å². The Kier molecular flexibility index (Phi) is 7.19. The molecular formula is C27H25F3N2O3. The highest BCUT2D eigenvalue weighted by Gasteiger charge is 2.31. The molecule has 1 fully saturated rings. The Morgan fingerprint density at radius 3 is 2.46 bits per heavy atom. The van der Waals surface area contributed by atoms with E-state index in [9.17, 15) is 22.8 Å². The van der Waals surface area contributed by atoms with Gasteiger partial charge in [-0.2, -0.15) is 13.2 Å². The Hall–Kier alpha value is -3.68. The largest absolute Gasteiger partial charge is 0.490 e. The van der Waals surface area contributed by atoms with Crippen LogP contribution in [-0.4, -0.2) is 40.8 Å². The molecule has 1 aromatic heterocycles. The zero-order chi connectivity index (χ0) is 25.0. The van der Waals surface area contributed by atoms with E-state index < -0.39 is 17.5 Å². The van der Waals surface area contributed by atoms with E-state index in [1.165, 1.54) is 12.1 Å². The summed E-state index contributed by atoms with van der Waals surface area (Å²) in [6.45, 7) is 3.02. The second-order valence-corrected chi connectivity index (χ2v) is 8.63. The van der Waals surface area contributed by atoms with E-state index in [-0.39, 0.29) is 24.0 Å². The number of carbonyl (C=O) groups excluding carboxylic acids is 2. The summed E-state index contributed by atoms with van der Waals surface area (Å²) in [5.41, 5.74) is 1.30. The molecule has 0 unspecified atom stereocenters. The van der Waals surface area contributed by atoms with Crippen LogP contribution in [0.3, 0.4) is 0 Å². The Bertz CT molecular complexity index is 1200. The Morgan fingerprint density at radius 2 is 1.77 bits per heavy atom. The fraction of sp³-hybridized carbons (Fsp3) is 0.296. The molecule has 2 heterocycles. The first-order valence-electron chi connectivity index (χ1n) is 11.4. The number of halogens is 3. The maximum atomic E-state index is 13.0. The van der Waals surface area contributed by atoms with Gasteiger partial charge in [0.2, 0.25) is 0 Å². The number of piperidine rings is 1. The summed E-state index contributed by atoms with van der Waals surface area (Å²) in [4.78, 5) is 31.0. The SMILES string of the molecule is Cc1ccc(CC(=O)c2cccc(C(F)(F)F)c2)cc1OC1CCN(C(=O)c2cccnc2)CC1. The number of benzene rings is 2. The molecule has 1 aliphatic heterocycles. The lowest BCUT2D eigenvalue weighted by molar-refractivity contribution is -0.137. The number of aryl methyl sites for hydroxylation is 1.